The summed E-state index contributed by atoms with van der Waals surface area (Å²) in [5.74, 6) is 0.424. The highest BCUT2D eigenvalue weighted by Crippen LogP contribution is 2.28. The minimum atomic E-state index is -0.279. The monoisotopic (exact) mass is 468 g/mol. The van der Waals surface area contributed by atoms with Crippen molar-refractivity contribution in [3.05, 3.63) is 95.7 Å². The number of carbonyl (C=O) groups excluding carboxylic acids is 2. The summed E-state index contributed by atoms with van der Waals surface area (Å²) in [6.07, 6.45) is 2.05. The first-order chi connectivity index (χ1) is 16.8. The van der Waals surface area contributed by atoms with Gasteiger partial charge >= 0.3 is 0 Å². The Kier molecular flexibility index (Phi) is 6.96. The number of carbonyl (C=O) groups is 2. The number of methoxy groups -OCH3 is 1. The zero-order chi connectivity index (χ0) is 24.9. The Hall–Kier alpha value is -4.39. The average Bonchev–Trinajstić information content (AvgIpc) is 3.31. The molecule has 0 aliphatic rings. The van der Waals surface area contributed by atoms with E-state index < -0.39 is 0 Å². The molecular weight excluding hydrogens is 440 g/mol. The highest BCUT2D eigenvalue weighted by molar-refractivity contribution is 6.08. The van der Waals surface area contributed by atoms with E-state index in [-0.39, 0.29) is 11.8 Å². The first-order valence-electron chi connectivity index (χ1n) is 11.3. The van der Waals surface area contributed by atoms with Crippen molar-refractivity contribution in [1.29, 1.82) is 0 Å². The van der Waals surface area contributed by atoms with Crippen LogP contribution in [0.15, 0.2) is 79.0 Å². The van der Waals surface area contributed by atoms with Crippen molar-refractivity contribution in [2.75, 3.05) is 26.5 Å². The van der Waals surface area contributed by atoms with Crippen molar-refractivity contribution >= 4 is 17.5 Å². The smallest absolute Gasteiger partial charge is 0.259 e. The topological polar surface area (TPSA) is 76.5 Å². The van der Waals surface area contributed by atoms with Crippen LogP contribution in [0.3, 0.4) is 0 Å². The van der Waals surface area contributed by atoms with Gasteiger partial charge in [-0.15, -0.1) is 0 Å². The molecule has 7 heteroatoms. The molecule has 2 amide bonds. The van der Waals surface area contributed by atoms with Crippen LogP contribution in [-0.4, -0.2) is 47.7 Å². The average molecular weight is 469 g/mol. The number of benzene rings is 3. The molecule has 35 heavy (non-hydrogen) atoms. The van der Waals surface area contributed by atoms with Gasteiger partial charge in [0.05, 0.1) is 24.8 Å². The van der Waals surface area contributed by atoms with Crippen molar-refractivity contribution in [1.82, 2.24) is 14.7 Å². The van der Waals surface area contributed by atoms with Gasteiger partial charge in [-0.2, -0.15) is 5.10 Å². The van der Waals surface area contributed by atoms with Crippen LogP contribution in [0.1, 0.15) is 21.5 Å². The Labute approximate surface area is 205 Å². The minimum absolute atomic E-state index is 0.0215. The molecular formula is C28H28N4O3. The van der Waals surface area contributed by atoms with Crippen LogP contribution in [-0.2, 0) is 11.2 Å². The number of hydrogen-bond donors (Lipinski definition) is 1. The number of hydrogen-bond acceptors (Lipinski definition) is 4. The second kappa shape index (κ2) is 10.3. The van der Waals surface area contributed by atoms with E-state index in [4.69, 9.17) is 9.84 Å². The predicted molar refractivity (Wildman–Crippen MR) is 137 cm³/mol. The van der Waals surface area contributed by atoms with Gasteiger partial charge in [0, 0.05) is 31.5 Å². The molecule has 1 heterocycles. The molecule has 1 N–H and O–H groups in total. The maximum Gasteiger partial charge on any atom is 0.259 e. The molecule has 4 rings (SSSR count). The van der Waals surface area contributed by atoms with Gasteiger partial charge in [-0.1, -0.05) is 42.0 Å². The Morgan fingerprint density at radius 1 is 1.00 bits per heavy atom. The van der Waals surface area contributed by atoms with Crippen LogP contribution in [0.2, 0.25) is 0 Å². The molecule has 0 radical (unpaired) electrons. The van der Waals surface area contributed by atoms with E-state index in [1.54, 1.807) is 49.1 Å². The Morgan fingerprint density at radius 3 is 2.37 bits per heavy atom. The van der Waals surface area contributed by atoms with Crippen molar-refractivity contribution < 1.29 is 14.3 Å². The lowest BCUT2D eigenvalue weighted by atomic mass is 10.1. The first kappa shape index (κ1) is 23.8. The summed E-state index contributed by atoms with van der Waals surface area (Å²) >= 11 is 0. The number of amides is 2. The summed E-state index contributed by atoms with van der Waals surface area (Å²) in [5, 5.41) is 7.70. The fraction of sp³-hybridized carbons (Fsp3) is 0.179. The van der Waals surface area contributed by atoms with Gasteiger partial charge in [-0.25, -0.2) is 4.68 Å². The van der Waals surface area contributed by atoms with E-state index in [9.17, 15) is 9.59 Å². The van der Waals surface area contributed by atoms with E-state index in [2.05, 4.69) is 5.32 Å². The molecule has 0 fully saturated rings. The van der Waals surface area contributed by atoms with Gasteiger partial charge < -0.3 is 15.0 Å². The quantitative estimate of drug-likeness (QED) is 0.425. The zero-order valence-electron chi connectivity index (χ0n) is 20.3. The fourth-order valence-corrected chi connectivity index (χ4v) is 3.59. The lowest BCUT2D eigenvalue weighted by Crippen LogP contribution is -2.23. The Morgan fingerprint density at radius 2 is 1.71 bits per heavy atom. The Bertz CT molecular complexity index is 1340. The minimum Gasteiger partial charge on any atom is -0.497 e. The number of aryl methyl sites for hydroxylation is 1. The molecule has 3 aromatic carbocycles. The van der Waals surface area contributed by atoms with E-state index in [1.165, 1.54) is 0 Å². The number of anilines is 1. The van der Waals surface area contributed by atoms with Crippen LogP contribution in [0.5, 0.6) is 5.75 Å². The molecule has 178 valence electrons. The summed E-state index contributed by atoms with van der Waals surface area (Å²) < 4.78 is 7.08. The second-order valence-electron chi connectivity index (χ2n) is 8.52. The van der Waals surface area contributed by atoms with Gasteiger partial charge in [0.2, 0.25) is 5.91 Å². The second-order valence-corrected chi connectivity index (χ2v) is 8.52. The predicted octanol–water partition coefficient (Wildman–Crippen LogP) is 4.74. The summed E-state index contributed by atoms with van der Waals surface area (Å²) in [6, 6.07) is 22.7. The number of nitrogens with one attached hydrogen (secondary N) is 1. The molecule has 0 saturated carbocycles. The maximum atomic E-state index is 13.4. The van der Waals surface area contributed by atoms with Crippen molar-refractivity contribution in [3.63, 3.8) is 0 Å². The SMILES string of the molecule is COc1cccc(-c2nn(-c3ccc(C)cc3)cc2C(=O)Nc2ccc(CC(=O)N(C)C)cc2)c1. The van der Waals surface area contributed by atoms with E-state index in [1.807, 2.05) is 67.6 Å². The molecule has 0 aliphatic heterocycles. The van der Waals surface area contributed by atoms with Crippen molar-refractivity contribution in [3.8, 4) is 22.7 Å². The third kappa shape index (κ3) is 5.58. The summed E-state index contributed by atoms with van der Waals surface area (Å²) in [5.41, 5.74) is 5.27. The highest BCUT2D eigenvalue weighted by atomic mass is 16.5. The number of rotatable bonds is 7. The fourth-order valence-electron chi connectivity index (χ4n) is 3.59. The first-order valence-corrected chi connectivity index (χ1v) is 11.3. The number of nitrogens with zero attached hydrogens (tertiary/aromatic N) is 3. The molecule has 0 spiro atoms. The van der Waals surface area contributed by atoms with Crippen LogP contribution < -0.4 is 10.1 Å². The van der Waals surface area contributed by atoms with Crippen LogP contribution >= 0.6 is 0 Å². The molecule has 4 aromatic rings. The van der Waals surface area contributed by atoms with Crippen LogP contribution in [0, 0.1) is 6.92 Å². The van der Waals surface area contributed by atoms with Crippen molar-refractivity contribution in [2.45, 2.75) is 13.3 Å². The number of ether oxygens (including phenoxy) is 1. The summed E-state index contributed by atoms with van der Waals surface area (Å²) in [6.45, 7) is 2.02. The Balaban J connectivity index is 1.64. The molecule has 0 unspecified atom stereocenters. The maximum absolute atomic E-state index is 13.4. The molecule has 0 bridgehead atoms. The van der Waals surface area contributed by atoms with Crippen LogP contribution in [0.4, 0.5) is 5.69 Å². The van der Waals surface area contributed by atoms with E-state index >= 15 is 0 Å². The third-order valence-electron chi connectivity index (χ3n) is 5.67. The standard InChI is InChI=1S/C28H28N4O3/c1-19-8-14-23(15-9-19)32-18-25(27(30-32)21-6-5-7-24(17-21)35-4)28(34)29-22-12-10-20(11-13-22)16-26(33)31(2)3/h5-15,17-18H,16H2,1-4H3,(H,29,34). The molecule has 0 aliphatic carbocycles. The molecule has 0 saturated heterocycles. The molecule has 7 nitrogen and oxygen atoms in total. The molecule has 0 atom stereocenters. The highest BCUT2D eigenvalue weighted by Gasteiger charge is 2.19. The third-order valence-corrected chi connectivity index (χ3v) is 5.67. The summed E-state index contributed by atoms with van der Waals surface area (Å²) in [4.78, 5) is 26.9. The van der Waals surface area contributed by atoms with Gasteiger partial charge in [0.1, 0.15) is 11.4 Å². The van der Waals surface area contributed by atoms with E-state index in [0.29, 0.717) is 29.1 Å². The van der Waals surface area contributed by atoms with E-state index in [0.717, 1.165) is 22.4 Å². The normalized spacial score (nSPS) is 10.6. The number of likely N-dealkylation sites (N-methyl/N-ethyl adjacent to an activating group) is 1. The largest absolute Gasteiger partial charge is 0.497 e. The lowest BCUT2D eigenvalue weighted by molar-refractivity contribution is -0.127. The summed E-state index contributed by atoms with van der Waals surface area (Å²) in [7, 11) is 5.06. The van der Waals surface area contributed by atoms with Crippen molar-refractivity contribution in [2.24, 2.45) is 0 Å². The van der Waals surface area contributed by atoms with Gasteiger partial charge in [0.25, 0.3) is 5.91 Å². The van der Waals surface area contributed by atoms with Crippen LogP contribution in [0.25, 0.3) is 16.9 Å². The lowest BCUT2D eigenvalue weighted by Gasteiger charge is -2.11. The molecule has 1 aromatic heterocycles. The zero-order valence-corrected chi connectivity index (χ0v) is 20.3. The van der Waals surface area contributed by atoms with Gasteiger partial charge in [0.15, 0.2) is 0 Å². The van der Waals surface area contributed by atoms with Gasteiger partial charge in [-0.3, -0.25) is 9.59 Å². The van der Waals surface area contributed by atoms with Gasteiger partial charge in [-0.05, 0) is 48.9 Å². The number of aromatic nitrogens is 2.